The fraction of sp³-hybridized carbons (Fsp3) is 0.682. The molecule has 1 atom stereocenters. The summed E-state index contributed by atoms with van der Waals surface area (Å²) in [4.78, 5) is 14.4. The Balaban J connectivity index is 1.19. The molecule has 0 bridgehead atoms. The van der Waals surface area contributed by atoms with Crippen molar-refractivity contribution in [2.24, 2.45) is 5.92 Å². The van der Waals surface area contributed by atoms with Crippen LogP contribution in [0.3, 0.4) is 0 Å². The second-order valence-electron chi connectivity index (χ2n) is 8.38. The highest BCUT2D eigenvalue weighted by Crippen LogP contribution is 2.37. The number of hydrogen-bond acceptors (Lipinski definition) is 3. The minimum atomic E-state index is -0.0761. The number of carbonyl (C=O) groups excluding carboxylic acids is 1. The van der Waals surface area contributed by atoms with E-state index in [0.717, 1.165) is 64.3 Å². The molecule has 1 aliphatic carbocycles. The monoisotopic (exact) mass is 372 g/mol. The van der Waals surface area contributed by atoms with E-state index in [1.54, 1.807) is 0 Å². The maximum absolute atomic E-state index is 12.5. The lowest BCUT2D eigenvalue weighted by Crippen LogP contribution is -2.54. The van der Waals surface area contributed by atoms with Gasteiger partial charge in [0.1, 0.15) is 0 Å². The summed E-state index contributed by atoms with van der Waals surface area (Å²) < 4.78 is 12.3. The number of piperidine rings is 1. The van der Waals surface area contributed by atoms with Crippen LogP contribution in [0, 0.1) is 5.92 Å². The molecule has 1 unspecified atom stereocenters. The lowest BCUT2D eigenvalue weighted by Gasteiger charge is -2.46. The van der Waals surface area contributed by atoms with E-state index in [1.165, 1.54) is 18.4 Å². The average Bonchev–Trinajstić information content (AvgIpc) is 3.52. The van der Waals surface area contributed by atoms with Gasteiger partial charge in [0.05, 0.1) is 11.7 Å². The Hall–Kier alpha value is -1.59. The molecule has 1 spiro atoms. The van der Waals surface area contributed by atoms with Crippen LogP contribution in [-0.2, 0) is 15.9 Å². The summed E-state index contributed by atoms with van der Waals surface area (Å²) in [5.74, 6) is 0.810. The summed E-state index contributed by atoms with van der Waals surface area (Å²) in [5.41, 5.74) is 1.18. The zero-order chi connectivity index (χ0) is 18.5. The van der Waals surface area contributed by atoms with Crippen LogP contribution in [0.4, 0.5) is 4.79 Å². The Bertz CT molecular complexity index is 609. The summed E-state index contributed by atoms with van der Waals surface area (Å²) in [6.07, 6.45) is 7.72. The van der Waals surface area contributed by atoms with Crippen molar-refractivity contribution in [1.82, 2.24) is 10.2 Å². The van der Waals surface area contributed by atoms with Gasteiger partial charge in [0.15, 0.2) is 0 Å². The highest BCUT2D eigenvalue weighted by atomic mass is 16.5. The minimum Gasteiger partial charge on any atom is -0.378 e. The first kappa shape index (κ1) is 18.8. The van der Waals surface area contributed by atoms with Crippen LogP contribution in [0.5, 0.6) is 0 Å². The first-order valence-corrected chi connectivity index (χ1v) is 10.5. The van der Waals surface area contributed by atoms with Gasteiger partial charge in [0.2, 0.25) is 0 Å². The average molecular weight is 373 g/mol. The van der Waals surface area contributed by atoms with Crippen molar-refractivity contribution in [3.8, 4) is 0 Å². The second-order valence-corrected chi connectivity index (χ2v) is 8.38. The molecule has 1 saturated carbocycles. The normalized spacial score (nSPS) is 24.7. The van der Waals surface area contributed by atoms with Crippen molar-refractivity contribution < 1.29 is 14.3 Å². The molecule has 2 saturated heterocycles. The van der Waals surface area contributed by atoms with Crippen molar-refractivity contribution in [3.63, 3.8) is 0 Å². The molecule has 3 fully saturated rings. The fourth-order valence-corrected chi connectivity index (χ4v) is 4.22. The molecule has 1 N–H and O–H groups in total. The molecule has 0 aromatic heterocycles. The summed E-state index contributed by atoms with van der Waals surface area (Å²) in [7, 11) is 0. The smallest absolute Gasteiger partial charge is 0.317 e. The summed E-state index contributed by atoms with van der Waals surface area (Å²) in [5, 5.41) is 3.06. The Morgan fingerprint density at radius 1 is 1.19 bits per heavy atom. The zero-order valence-corrected chi connectivity index (χ0v) is 16.2. The van der Waals surface area contributed by atoms with Crippen molar-refractivity contribution in [1.29, 1.82) is 0 Å². The molecule has 2 amide bonds. The SMILES string of the molecule is O=C(NCCc1ccccc1)N1CCC2(CC1)CC(OCC1CC1)CCO2. The van der Waals surface area contributed by atoms with Gasteiger partial charge in [-0.25, -0.2) is 4.79 Å². The van der Waals surface area contributed by atoms with Gasteiger partial charge in [0, 0.05) is 39.3 Å². The van der Waals surface area contributed by atoms with Gasteiger partial charge in [0.25, 0.3) is 0 Å². The molecule has 3 aliphatic rings. The molecular formula is C22H32N2O3. The quantitative estimate of drug-likeness (QED) is 0.833. The van der Waals surface area contributed by atoms with E-state index in [9.17, 15) is 4.79 Å². The van der Waals surface area contributed by atoms with Gasteiger partial charge in [-0.2, -0.15) is 0 Å². The zero-order valence-electron chi connectivity index (χ0n) is 16.2. The van der Waals surface area contributed by atoms with Gasteiger partial charge in [-0.1, -0.05) is 30.3 Å². The Kier molecular flexibility index (Phi) is 5.98. The molecule has 0 radical (unpaired) electrons. The third-order valence-electron chi connectivity index (χ3n) is 6.21. The van der Waals surface area contributed by atoms with E-state index in [0.29, 0.717) is 12.6 Å². The van der Waals surface area contributed by atoms with Crippen molar-refractivity contribution >= 4 is 6.03 Å². The molecule has 148 valence electrons. The number of nitrogens with zero attached hydrogens (tertiary/aromatic N) is 1. The molecule has 5 nitrogen and oxygen atoms in total. The van der Waals surface area contributed by atoms with Crippen molar-refractivity contribution in [3.05, 3.63) is 35.9 Å². The molecule has 5 heteroatoms. The van der Waals surface area contributed by atoms with E-state index in [-0.39, 0.29) is 11.6 Å². The van der Waals surface area contributed by atoms with Crippen LogP contribution in [0.2, 0.25) is 0 Å². The van der Waals surface area contributed by atoms with Crippen LogP contribution in [0.15, 0.2) is 30.3 Å². The van der Waals surface area contributed by atoms with Gasteiger partial charge < -0.3 is 19.7 Å². The third kappa shape index (κ3) is 5.23. The van der Waals surface area contributed by atoms with Crippen LogP contribution >= 0.6 is 0 Å². The van der Waals surface area contributed by atoms with E-state index < -0.39 is 0 Å². The molecule has 2 heterocycles. The molecule has 4 rings (SSSR count). The van der Waals surface area contributed by atoms with Gasteiger partial charge in [-0.3, -0.25) is 0 Å². The summed E-state index contributed by atoms with van der Waals surface area (Å²) in [6, 6.07) is 10.3. The van der Waals surface area contributed by atoms with E-state index >= 15 is 0 Å². The molecule has 1 aromatic carbocycles. The Morgan fingerprint density at radius 2 is 1.96 bits per heavy atom. The number of carbonyl (C=O) groups is 1. The number of rotatable bonds is 6. The molecule has 1 aromatic rings. The number of amides is 2. The van der Waals surface area contributed by atoms with Crippen LogP contribution in [0.1, 0.15) is 44.1 Å². The predicted molar refractivity (Wildman–Crippen MR) is 105 cm³/mol. The lowest BCUT2D eigenvalue weighted by molar-refractivity contribution is -0.152. The first-order valence-electron chi connectivity index (χ1n) is 10.5. The number of nitrogens with one attached hydrogen (secondary N) is 1. The first-order chi connectivity index (χ1) is 13.2. The maximum atomic E-state index is 12.5. The van der Waals surface area contributed by atoms with E-state index in [4.69, 9.17) is 9.47 Å². The van der Waals surface area contributed by atoms with E-state index in [1.807, 2.05) is 23.1 Å². The Morgan fingerprint density at radius 3 is 2.70 bits per heavy atom. The maximum Gasteiger partial charge on any atom is 0.317 e. The van der Waals surface area contributed by atoms with Crippen LogP contribution in [-0.4, -0.2) is 55.5 Å². The fourth-order valence-electron chi connectivity index (χ4n) is 4.22. The van der Waals surface area contributed by atoms with Crippen LogP contribution < -0.4 is 5.32 Å². The van der Waals surface area contributed by atoms with Gasteiger partial charge in [-0.05, 0) is 50.0 Å². The largest absolute Gasteiger partial charge is 0.378 e. The number of hydrogen-bond donors (Lipinski definition) is 1. The lowest BCUT2D eigenvalue weighted by atomic mass is 9.83. The molecule has 27 heavy (non-hydrogen) atoms. The van der Waals surface area contributed by atoms with Gasteiger partial charge in [-0.15, -0.1) is 0 Å². The standard InChI is InChI=1S/C22H32N2O3/c25-21(23-12-8-18-4-2-1-3-5-18)24-13-10-22(11-14-24)16-20(9-15-27-22)26-17-19-6-7-19/h1-5,19-20H,6-17H2,(H,23,25). The Labute approximate surface area is 162 Å². The number of benzene rings is 1. The van der Waals surface area contributed by atoms with E-state index in [2.05, 4.69) is 17.4 Å². The summed E-state index contributed by atoms with van der Waals surface area (Å²) >= 11 is 0. The highest BCUT2D eigenvalue weighted by Gasteiger charge is 2.41. The topological polar surface area (TPSA) is 50.8 Å². The van der Waals surface area contributed by atoms with Crippen molar-refractivity contribution in [2.45, 2.75) is 56.7 Å². The molecular weight excluding hydrogens is 340 g/mol. The van der Waals surface area contributed by atoms with Crippen molar-refractivity contribution in [2.75, 3.05) is 32.8 Å². The summed E-state index contributed by atoms with van der Waals surface area (Å²) in [6.45, 7) is 3.94. The number of likely N-dealkylation sites (tertiary alicyclic amines) is 1. The third-order valence-corrected chi connectivity index (χ3v) is 6.21. The second kappa shape index (κ2) is 8.61. The minimum absolute atomic E-state index is 0.0538. The van der Waals surface area contributed by atoms with Crippen LogP contribution in [0.25, 0.3) is 0 Å². The number of urea groups is 1. The van der Waals surface area contributed by atoms with Gasteiger partial charge >= 0.3 is 6.03 Å². The predicted octanol–water partition coefficient (Wildman–Crippen LogP) is 3.38. The molecule has 2 aliphatic heterocycles. The number of ether oxygens (including phenoxy) is 2. The highest BCUT2D eigenvalue weighted by molar-refractivity contribution is 5.74.